The van der Waals surface area contributed by atoms with Crippen molar-refractivity contribution in [1.82, 2.24) is 20.2 Å². The van der Waals surface area contributed by atoms with Gasteiger partial charge in [-0.3, -0.25) is 9.69 Å². The number of likely N-dealkylation sites (tertiary alicyclic amines) is 1. The monoisotopic (exact) mass is 432 g/mol. The summed E-state index contributed by atoms with van der Waals surface area (Å²) < 4.78 is 19.8. The third-order valence-corrected chi connectivity index (χ3v) is 6.34. The number of piperidine rings is 1. The molecule has 3 heterocycles. The molecule has 0 bridgehead atoms. The van der Waals surface area contributed by atoms with Crippen LogP contribution in [0, 0.1) is 5.82 Å². The van der Waals surface area contributed by atoms with Gasteiger partial charge in [-0.15, -0.1) is 0 Å². The highest BCUT2D eigenvalue weighted by Crippen LogP contribution is 2.42. The Bertz CT molecular complexity index is 1110. The Morgan fingerprint density at radius 3 is 2.78 bits per heavy atom. The molecule has 2 aliphatic rings. The Morgan fingerprint density at radius 2 is 1.97 bits per heavy atom. The number of carbonyl (C=O) groups excluding carboxylic acids is 1. The molecule has 0 saturated carbocycles. The highest BCUT2D eigenvalue weighted by Gasteiger charge is 2.49. The van der Waals surface area contributed by atoms with Gasteiger partial charge in [0.15, 0.2) is 0 Å². The predicted octanol–water partition coefficient (Wildman–Crippen LogP) is 4.05. The van der Waals surface area contributed by atoms with Crippen LogP contribution in [0.5, 0.6) is 11.8 Å². The fourth-order valence-corrected chi connectivity index (χ4v) is 5.03. The lowest BCUT2D eigenvalue weighted by Crippen LogP contribution is -2.56. The second-order valence-electron chi connectivity index (χ2n) is 8.62. The van der Waals surface area contributed by atoms with Crippen molar-refractivity contribution in [2.45, 2.75) is 37.3 Å². The third kappa shape index (κ3) is 4.34. The lowest BCUT2D eigenvalue weighted by atomic mass is 9.76. The zero-order valence-electron chi connectivity index (χ0n) is 17.7. The normalized spacial score (nSPS) is 23.3. The minimum absolute atomic E-state index is 0.0413. The molecule has 1 spiro atoms. The number of hydrogen-bond acceptors (Lipinski definition) is 5. The molecule has 5 rings (SSSR count). The minimum atomic E-state index is -0.366. The Kier molecular flexibility index (Phi) is 5.57. The molecule has 0 radical (unpaired) electrons. The zero-order chi connectivity index (χ0) is 22.0. The molecule has 164 valence electrons. The van der Waals surface area contributed by atoms with E-state index in [1.54, 1.807) is 30.6 Å². The molecule has 7 heteroatoms. The van der Waals surface area contributed by atoms with Crippen LogP contribution < -0.4 is 10.1 Å². The number of hydrogen-bond donors (Lipinski definition) is 1. The van der Waals surface area contributed by atoms with Crippen LogP contribution in [0.25, 0.3) is 0 Å². The SMILES string of the molecule is O=C1CCC[C@]2(CN(Cc3cccc(Oc4ncccn4)c3)C[C@H]2c2cccc(F)c2)N1. The molecule has 0 unspecified atom stereocenters. The predicted molar refractivity (Wildman–Crippen MR) is 118 cm³/mol. The molecule has 3 aromatic rings. The third-order valence-electron chi connectivity index (χ3n) is 6.34. The van der Waals surface area contributed by atoms with Gasteiger partial charge in [-0.05, 0) is 54.3 Å². The zero-order valence-corrected chi connectivity index (χ0v) is 17.7. The molecule has 1 aromatic heterocycles. The van der Waals surface area contributed by atoms with Gasteiger partial charge in [0.25, 0.3) is 0 Å². The Hall–Kier alpha value is -3.32. The van der Waals surface area contributed by atoms with Crippen molar-refractivity contribution in [2.24, 2.45) is 0 Å². The summed E-state index contributed by atoms with van der Waals surface area (Å²) in [5, 5.41) is 3.28. The van der Waals surface area contributed by atoms with Crippen LogP contribution >= 0.6 is 0 Å². The molecule has 1 N–H and O–H groups in total. The molecule has 2 saturated heterocycles. The molecular formula is C25H25FN4O2. The summed E-state index contributed by atoms with van der Waals surface area (Å²) in [4.78, 5) is 22.9. The largest absolute Gasteiger partial charge is 0.424 e. The average molecular weight is 432 g/mol. The molecule has 32 heavy (non-hydrogen) atoms. The van der Waals surface area contributed by atoms with E-state index in [4.69, 9.17) is 4.74 Å². The van der Waals surface area contributed by atoms with Crippen molar-refractivity contribution in [3.63, 3.8) is 0 Å². The van der Waals surface area contributed by atoms with E-state index in [0.29, 0.717) is 24.7 Å². The topological polar surface area (TPSA) is 67.4 Å². The number of amides is 1. The number of nitrogens with one attached hydrogen (secondary N) is 1. The highest BCUT2D eigenvalue weighted by atomic mass is 19.1. The summed E-state index contributed by atoms with van der Waals surface area (Å²) in [5.41, 5.74) is 1.67. The van der Waals surface area contributed by atoms with E-state index >= 15 is 0 Å². The molecular weight excluding hydrogens is 407 g/mol. The van der Waals surface area contributed by atoms with Crippen LogP contribution in [0.2, 0.25) is 0 Å². The lowest BCUT2D eigenvalue weighted by molar-refractivity contribution is -0.125. The summed E-state index contributed by atoms with van der Waals surface area (Å²) in [6.07, 6.45) is 5.58. The molecule has 6 nitrogen and oxygen atoms in total. The maximum atomic E-state index is 14.0. The van der Waals surface area contributed by atoms with Crippen molar-refractivity contribution in [3.8, 4) is 11.8 Å². The quantitative estimate of drug-likeness (QED) is 0.659. The molecule has 2 aromatic carbocycles. The van der Waals surface area contributed by atoms with Crippen molar-refractivity contribution in [3.05, 3.63) is 83.9 Å². The van der Waals surface area contributed by atoms with Crippen molar-refractivity contribution in [1.29, 1.82) is 0 Å². The number of benzene rings is 2. The summed E-state index contributed by atoms with van der Waals surface area (Å²) in [7, 11) is 0. The number of carbonyl (C=O) groups is 1. The smallest absolute Gasteiger partial charge is 0.321 e. The highest BCUT2D eigenvalue weighted by molar-refractivity contribution is 5.78. The summed E-state index contributed by atoms with van der Waals surface area (Å²) in [6.45, 7) is 2.18. The maximum Gasteiger partial charge on any atom is 0.321 e. The van der Waals surface area contributed by atoms with Crippen LogP contribution in [0.4, 0.5) is 4.39 Å². The van der Waals surface area contributed by atoms with Gasteiger partial charge < -0.3 is 10.1 Å². The molecule has 2 aliphatic heterocycles. The lowest BCUT2D eigenvalue weighted by Gasteiger charge is -2.39. The van der Waals surface area contributed by atoms with Crippen molar-refractivity contribution >= 4 is 5.91 Å². The summed E-state index contributed by atoms with van der Waals surface area (Å²) >= 11 is 0. The van der Waals surface area contributed by atoms with E-state index in [9.17, 15) is 9.18 Å². The van der Waals surface area contributed by atoms with Crippen LogP contribution in [-0.2, 0) is 11.3 Å². The van der Waals surface area contributed by atoms with Crippen LogP contribution in [0.15, 0.2) is 67.0 Å². The fraction of sp³-hybridized carbons (Fsp3) is 0.320. The first kappa shape index (κ1) is 20.6. The first-order valence-corrected chi connectivity index (χ1v) is 10.9. The molecule has 0 aliphatic carbocycles. The van der Waals surface area contributed by atoms with E-state index < -0.39 is 0 Å². The number of nitrogens with zero attached hydrogens (tertiary/aromatic N) is 3. The van der Waals surface area contributed by atoms with Gasteiger partial charge in [0.2, 0.25) is 5.91 Å². The van der Waals surface area contributed by atoms with Crippen molar-refractivity contribution < 1.29 is 13.9 Å². The van der Waals surface area contributed by atoms with Crippen LogP contribution in [-0.4, -0.2) is 39.4 Å². The van der Waals surface area contributed by atoms with Crippen LogP contribution in [0.3, 0.4) is 0 Å². The van der Waals surface area contributed by atoms with E-state index in [0.717, 1.165) is 37.1 Å². The van der Waals surface area contributed by atoms with Crippen molar-refractivity contribution in [2.75, 3.05) is 13.1 Å². The van der Waals surface area contributed by atoms with Gasteiger partial charge in [0.1, 0.15) is 11.6 Å². The first-order valence-electron chi connectivity index (χ1n) is 10.9. The Balaban J connectivity index is 1.37. The van der Waals surface area contributed by atoms with E-state index in [1.807, 2.05) is 24.3 Å². The number of halogens is 1. The second-order valence-corrected chi connectivity index (χ2v) is 8.62. The Morgan fingerprint density at radius 1 is 1.12 bits per heavy atom. The standard InChI is InChI=1S/C25H25FN4O2/c26-20-7-2-6-19(14-20)22-16-30(17-25(22)10-3-9-23(31)29-25)15-18-5-1-8-21(13-18)32-24-27-11-4-12-28-24/h1-2,4-8,11-14,22H,3,9-10,15-17H2,(H,29,31)/t22-,25+/m0/s1. The van der Waals surface area contributed by atoms with Gasteiger partial charge >= 0.3 is 6.01 Å². The van der Waals surface area contributed by atoms with Gasteiger partial charge in [0, 0.05) is 44.4 Å². The fourth-order valence-electron chi connectivity index (χ4n) is 5.03. The number of aromatic nitrogens is 2. The average Bonchev–Trinajstić information content (AvgIpc) is 3.11. The van der Waals surface area contributed by atoms with Gasteiger partial charge in [-0.25, -0.2) is 14.4 Å². The molecule has 1 amide bonds. The summed E-state index contributed by atoms with van der Waals surface area (Å²) in [5.74, 6) is 0.554. The Labute approximate surface area is 186 Å². The maximum absolute atomic E-state index is 14.0. The molecule has 2 fully saturated rings. The minimum Gasteiger partial charge on any atom is -0.424 e. The van der Waals surface area contributed by atoms with Crippen LogP contribution in [0.1, 0.15) is 36.3 Å². The van der Waals surface area contributed by atoms with E-state index in [1.165, 1.54) is 6.07 Å². The number of ether oxygens (including phenoxy) is 1. The first-order chi connectivity index (χ1) is 15.6. The van der Waals surface area contributed by atoms with E-state index in [-0.39, 0.29) is 23.2 Å². The van der Waals surface area contributed by atoms with Gasteiger partial charge in [0.05, 0.1) is 5.54 Å². The second kappa shape index (κ2) is 8.67. The van der Waals surface area contributed by atoms with Gasteiger partial charge in [-0.1, -0.05) is 24.3 Å². The number of rotatable bonds is 5. The van der Waals surface area contributed by atoms with Gasteiger partial charge in [-0.2, -0.15) is 0 Å². The summed E-state index contributed by atoms with van der Waals surface area (Å²) in [6, 6.07) is 16.7. The van der Waals surface area contributed by atoms with E-state index in [2.05, 4.69) is 26.3 Å². The molecule has 2 atom stereocenters.